The molecule has 4 heteroatoms. The normalized spacial score (nSPS) is 24.1. The highest BCUT2D eigenvalue weighted by molar-refractivity contribution is 8.00. The van der Waals surface area contributed by atoms with Gasteiger partial charge in [0.15, 0.2) is 0 Å². The van der Waals surface area contributed by atoms with Crippen LogP contribution in [0.5, 0.6) is 5.75 Å². The van der Waals surface area contributed by atoms with Gasteiger partial charge in [0.2, 0.25) is 5.91 Å². The summed E-state index contributed by atoms with van der Waals surface area (Å²) in [7, 11) is 1.69. The van der Waals surface area contributed by atoms with Crippen LogP contribution in [0.3, 0.4) is 0 Å². The lowest BCUT2D eigenvalue weighted by Gasteiger charge is -2.35. The van der Waals surface area contributed by atoms with Gasteiger partial charge in [-0.25, -0.2) is 0 Å². The van der Waals surface area contributed by atoms with E-state index in [9.17, 15) is 4.79 Å². The summed E-state index contributed by atoms with van der Waals surface area (Å²) in [6.45, 7) is 0. The molecule has 1 unspecified atom stereocenters. The highest BCUT2D eigenvalue weighted by atomic mass is 32.2. The fourth-order valence-corrected chi connectivity index (χ4v) is 4.48. The lowest BCUT2D eigenvalue weighted by molar-refractivity contribution is -0.131. The topological polar surface area (TPSA) is 29.5 Å². The predicted octanol–water partition coefficient (Wildman–Crippen LogP) is 3.60. The highest BCUT2D eigenvalue weighted by Crippen LogP contribution is 2.43. The molecule has 2 aliphatic rings. The molecule has 0 bridgehead atoms. The second-order valence-electron chi connectivity index (χ2n) is 5.53. The molecule has 1 atom stereocenters. The number of ether oxygens (including phenoxy) is 1. The molecule has 0 aromatic heterocycles. The third-order valence-electron chi connectivity index (χ3n) is 4.25. The van der Waals surface area contributed by atoms with Gasteiger partial charge in [-0.3, -0.25) is 4.79 Å². The molecule has 1 amide bonds. The first kappa shape index (κ1) is 13.8. The van der Waals surface area contributed by atoms with Crippen LogP contribution in [0.15, 0.2) is 24.3 Å². The molecule has 20 heavy (non-hydrogen) atoms. The summed E-state index contributed by atoms with van der Waals surface area (Å²) in [5, 5.41) is 0.167. The van der Waals surface area contributed by atoms with Gasteiger partial charge in [-0.15, -0.1) is 11.8 Å². The third kappa shape index (κ3) is 2.66. The van der Waals surface area contributed by atoms with E-state index in [2.05, 4.69) is 17.0 Å². The summed E-state index contributed by atoms with van der Waals surface area (Å²) >= 11 is 1.75. The van der Waals surface area contributed by atoms with E-state index in [1.807, 2.05) is 12.1 Å². The van der Waals surface area contributed by atoms with E-state index < -0.39 is 0 Å². The van der Waals surface area contributed by atoms with Crippen LogP contribution in [-0.4, -0.2) is 29.7 Å². The van der Waals surface area contributed by atoms with Crippen molar-refractivity contribution in [1.82, 2.24) is 4.90 Å². The minimum Gasteiger partial charge on any atom is -0.497 e. The minimum absolute atomic E-state index is 0.167. The van der Waals surface area contributed by atoms with Crippen molar-refractivity contribution in [2.75, 3.05) is 12.9 Å². The Bertz CT molecular complexity index is 485. The zero-order chi connectivity index (χ0) is 13.9. The number of hydrogen-bond donors (Lipinski definition) is 0. The van der Waals surface area contributed by atoms with E-state index in [0.29, 0.717) is 17.7 Å². The third-order valence-corrected chi connectivity index (χ3v) is 5.48. The molecular formula is C16H21NO2S. The molecule has 1 aliphatic carbocycles. The second-order valence-corrected chi connectivity index (χ2v) is 6.60. The molecular weight excluding hydrogens is 270 g/mol. The van der Waals surface area contributed by atoms with E-state index in [1.165, 1.54) is 24.8 Å². The van der Waals surface area contributed by atoms with Crippen LogP contribution in [0, 0.1) is 0 Å². The molecule has 0 radical (unpaired) electrons. The van der Waals surface area contributed by atoms with Crippen LogP contribution >= 0.6 is 11.8 Å². The van der Waals surface area contributed by atoms with Crippen LogP contribution in [0.25, 0.3) is 0 Å². The number of benzene rings is 1. The summed E-state index contributed by atoms with van der Waals surface area (Å²) in [6, 6.07) is 8.56. The molecule has 1 saturated carbocycles. The van der Waals surface area contributed by atoms with Gasteiger partial charge in [0, 0.05) is 6.04 Å². The number of thioether (sulfide) groups is 1. The van der Waals surface area contributed by atoms with Crippen LogP contribution in [0.4, 0.5) is 0 Å². The Morgan fingerprint density at radius 1 is 1.25 bits per heavy atom. The Labute approximate surface area is 124 Å². The molecule has 1 aromatic carbocycles. The van der Waals surface area contributed by atoms with Gasteiger partial charge in [0.1, 0.15) is 11.1 Å². The van der Waals surface area contributed by atoms with Crippen LogP contribution in [-0.2, 0) is 4.79 Å². The van der Waals surface area contributed by atoms with Gasteiger partial charge in [0.25, 0.3) is 0 Å². The number of rotatable bonds is 3. The Morgan fingerprint density at radius 3 is 2.80 bits per heavy atom. The molecule has 1 aliphatic heterocycles. The summed E-state index contributed by atoms with van der Waals surface area (Å²) in [5.41, 5.74) is 1.19. The van der Waals surface area contributed by atoms with Gasteiger partial charge < -0.3 is 9.64 Å². The van der Waals surface area contributed by atoms with Crippen molar-refractivity contribution in [3.05, 3.63) is 29.8 Å². The molecule has 2 fully saturated rings. The fourth-order valence-electron chi connectivity index (χ4n) is 3.24. The molecule has 1 aromatic rings. The summed E-state index contributed by atoms with van der Waals surface area (Å²) in [4.78, 5) is 14.4. The van der Waals surface area contributed by atoms with Crippen molar-refractivity contribution in [3.63, 3.8) is 0 Å². The smallest absolute Gasteiger partial charge is 0.234 e. The summed E-state index contributed by atoms with van der Waals surface area (Å²) in [6.07, 6.45) is 6.14. The maximum atomic E-state index is 12.3. The van der Waals surface area contributed by atoms with Crippen molar-refractivity contribution in [2.45, 2.75) is 43.5 Å². The maximum absolute atomic E-state index is 12.3. The lowest BCUT2D eigenvalue weighted by atomic mass is 9.93. The number of nitrogens with zero attached hydrogens (tertiary/aromatic N) is 1. The first-order valence-electron chi connectivity index (χ1n) is 7.36. The summed E-state index contributed by atoms with van der Waals surface area (Å²) in [5.74, 6) is 1.78. The SMILES string of the molecule is COc1cccc(C2SCC(=O)N2C2CCCCC2)c1. The Kier molecular flexibility index (Phi) is 4.20. The van der Waals surface area contributed by atoms with E-state index in [-0.39, 0.29) is 5.37 Å². The Hall–Kier alpha value is -1.16. The van der Waals surface area contributed by atoms with Crippen molar-refractivity contribution in [1.29, 1.82) is 0 Å². The van der Waals surface area contributed by atoms with E-state index >= 15 is 0 Å². The molecule has 3 nitrogen and oxygen atoms in total. The monoisotopic (exact) mass is 291 g/mol. The van der Waals surface area contributed by atoms with Gasteiger partial charge in [-0.2, -0.15) is 0 Å². The van der Waals surface area contributed by atoms with Crippen LogP contribution in [0.2, 0.25) is 0 Å². The molecule has 1 heterocycles. The Balaban J connectivity index is 1.84. The zero-order valence-corrected chi connectivity index (χ0v) is 12.7. The zero-order valence-electron chi connectivity index (χ0n) is 11.9. The number of methoxy groups -OCH3 is 1. The Morgan fingerprint density at radius 2 is 2.05 bits per heavy atom. The van der Waals surface area contributed by atoms with Crippen molar-refractivity contribution in [3.8, 4) is 5.75 Å². The van der Waals surface area contributed by atoms with Crippen molar-refractivity contribution < 1.29 is 9.53 Å². The second kappa shape index (κ2) is 6.08. The number of carbonyl (C=O) groups excluding carboxylic acids is 1. The first-order valence-corrected chi connectivity index (χ1v) is 8.41. The number of amides is 1. The van der Waals surface area contributed by atoms with Crippen molar-refractivity contribution in [2.24, 2.45) is 0 Å². The standard InChI is InChI=1S/C16H21NO2S/c1-19-14-9-5-6-12(10-14)16-17(15(18)11-20-16)13-7-3-2-4-8-13/h5-6,9-10,13,16H,2-4,7-8,11H2,1H3. The van der Waals surface area contributed by atoms with Crippen LogP contribution < -0.4 is 4.74 Å². The molecule has 108 valence electrons. The quantitative estimate of drug-likeness (QED) is 0.852. The molecule has 1 saturated heterocycles. The highest BCUT2D eigenvalue weighted by Gasteiger charge is 2.38. The van der Waals surface area contributed by atoms with Gasteiger partial charge >= 0.3 is 0 Å². The minimum atomic E-state index is 0.167. The van der Waals surface area contributed by atoms with Crippen LogP contribution in [0.1, 0.15) is 43.0 Å². The number of hydrogen-bond acceptors (Lipinski definition) is 3. The number of carbonyl (C=O) groups is 1. The molecule has 0 N–H and O–H groups in total. The maximum Gasteiger partial charge on any atom is 0.234 e. The fraction of sp³-hybridized carbons (Fsp3) is 0.562. The van der Waals surface area contributed by atoms with E-state index in [4.69, 9.17) is 4.74 Å². The van der Waals surface area contributed by atoms with Gasteiger partial charge in [-0.1, -0.05) is 31.4 Å². The first-order chi connectivity index (χ1) is 9.79. The largest absolute Gasteiger partial charge is 0.497 e. The average molecular weight is 291 g/mol. The predicted molar refractivity (Wildman–Crippen MR) is 81.9 cm³/mol. The van der Waals surface area contributed by atoms with Gasteiger partial charge in [0.05, 0.1) is 12.9 Å². The molecule has 3 rings (SSSR count). The molecule has 0 spiro atoms. The van der Waals surface area contributed by atoms with Gasteiger partial charge in [-0.05, 0) is 30.5 Å². The average Bonchev–Trinajstić information content (AvgIpc) is 2.90. The lowest BCUT2D eigenvalue weighted by Crippen LogP contribution is -2.39. The van der Waals surface area contributed by atoms with Crippen molar-refractivity contribution >= 4 is 17.7 Å². The summed E-state index contributed by atoms with van der Waals surface area (Å²) < 4.78 is 5.31. The van der Waals surface area contributed by atoms with E-state index in [0.717, 1.165) is 18.6 Å². The van der Waals surface area contributed by atoms with E-state index in [1.54, 1.807) is 18.9 Å².